The molecule has 0 N–H and O–H groups in total. The number of ether oxygens (including phenoxy) is 11. The summed E-state index contributed by atoms with van der Waals surface area (Å²) in [5.74, 6) is 1.92. The summed E-state index contributed by atoms with van der Waals surface area (Å²) in [6.45, 7) is 8.88. The zero-order valence-electron chi connectivity index (χ0n) is 39.4. The lowest BCUT2D eigenvalue weighted by Crippen LogP contribution is -2.13. The fourth-order valence-corrected chi connectivity index (χ4v) is 7.60. The molecule has 13 nitrogen and oxygen atoms in total. The van der Waals surface area contributed by atoms with E-state index in [1.807, 2.05) is 36.4 Å². The predicted molar refractivity (Wildman–Crippen MR) is 256 cm³/mol. The summed E-state index contributed by atoms with van der Waals surface area (Å²) in [6.07, 6.45) is 12.6. The van der Waals surface area contributed by atoms with Crippen molar-refractivity contribution in [1.82, 2.24) is 0 Å². The van der Waals surface area contributed by atoms with Gasteiger partial charge >= 0.3 is 0 Å². The van der Waals surface area contributed by atoms with Crippen molar-refractivity contribution < 1.29 is 61.7 Å². The second-order valence-corrected chi connectivity index (χ2v) is 16.4. The minimum absolute atomic E-state index is 0.239. The van der Waals surface area contributed by atoms with E-state index in [2.05, 4.69) is 6.92 Å². The van der Waals surface area contributed by atoms with E-state index in [-0.39, 0.29) is 38.0 Å². The fraction of sp³-hybridized carbons (Fsp3) is 0.519. The zero-order valence-corrected chi connectivity index (χ0v) is 39.4. The highest BCUT2D eigenvalue weighted by Crippen LogP contribution is 2.33. The second-order valence-electron chi connectivity index (χ2n) is 16.4. The molecule has 2 aliphatic rings. The molecule has 2 heterocycles. The Kier molecular flexibility index (Phi) is 23.3. The number of fused-ring (bicyclic) bond motifs is 2. The lowest BCUT2D eigenvalue weighted by Gasteiger charge is -2.16. The Morgan fingerprint density at radius 3 is 1.16 bits per heavy atom. The SMILES string of the molecule is CCCCCCCCCCCCOc1ccc(-c2cc(C(=O)c3ccc4c(c3)OCCOCCOCCOCCO4)cc(C(=O)c3ccc4c(c3)OCCOCCOCCOCCO4)c2)cc1. The Morgan fingerprint density at radius 1 is 0.373 bits per heavy atom. The third-order valence-electron chi connectivity index (χ3n) is 11.3. The molecule has 6 rings (SSSR count). The largest absolute Gasteiger partial charge is 0.494 e. The first kappa shape index (κ1) is 51.4. The maximum Gasteiger partial charge on any atom is 0.193 e. The van der Waals surface area contributed by atoms with E-state index in [0.29, 0.717) is 137 Å². The number of carbonyl (C=O) groups is 2. The van der Waals surface area contributed by atoms with Crippen molar-refractivity contribution in [3.05, 3.63) is 101 Å². The summed E-state index contributed by atoms with van der Waals surface area (Å²) in [6, 6.07) is 23.2. The molecule has 0 bridgehead atoms. The summed E-state index contributed by atoms with van der Waals surface area (Å²) < 4.78 is 64.0. The predicted octanol–water partition coefficient (Wildman–Crippen LogP) is 9.76. The zero-order chi connectivity index (χ0) is 46.6. The molecule has 0 spiro atoms. The smallest absolute Gasteiger partial charge is 0.193 e. The van der Waals surface area contributed by atoms with Gasteiger partial charge in [0.15, 0.2) is 34.6 Å². The quantitative estimate of drug-likeness (QED) is 0.0735. The normalized spacial score (nSPS) is 16.1. The first-order chi connectivity index (χ1) is 33.1. The minimum atomic E-state index is -0.296. The van der Waals surface area contributed by atoms with E-state index in [1.54, 1.807) is 42.5 Å². The summed E-state index contributed by atoms with van der Waals surface area (Å²) in [7, 11) is 0. The van der Waals surface area contributed by atoms with E-state index < -0.39 is 0 Å². The molecule has 4 aromatic rings. The summed E-state index contributed by atoms with van der Waals surface area (Å²) in [5.41, 5.74) is 2.90. The van der Waals surface area contributed by atoms with E-state index in [0.717, 1.165) is 24.2 Å². The van der Waals surface area contributed by atoms with Crippen molar-refractivity contribution in [2.45, 2.75) is 71.1 Å². The minimum Gasteiger partial charge on any atom is -0.494 e. The third-order valence-corrected chi connectivity index (χ3v) is 11.3. The monoisotopic (exact) mass is 926 g/mol. The van der Waals surface area contributed by atoms with Crippen LogP contribution in [0.3, 0.4) is 0 Å². The molecule has 0 amide bonds. The number of ketones is 2. The number of unbranched alkanes of at least 4 members (excludes halogenated alkanes) is 9. The van der Waals surface area contributed by atoms with Crippen LogP contribution in [0.4, 0.5) is 0 Å². The van der Waals surface area contributed by atoms with Crippen LogP contribution in [0.5, 0.6) is 28.7 Å². The average molecular weight is 927 g/mol. The first-order valence-electron chi connectivity index (χ1n) is 24.3. The van der Waals surface area contributed by atoms with Crippen LogP contribution in [0.15, 0.2) is 78.9 Å². The van der Waals surface area contributed by atoms with Crippen LogP contribution in [0.1, 0.15) is 103 Å². The van der Waals surface area contributed by atoms with Crippen molar-refractivity contribution in [2.75, 3.05) is 112 Å². The van der Waals surface area contributed by atoms with E-state index in [9.17, 15) is 9.59 Å². The topological polar surface area (TPSA) is 136 Å². The van der Waals surface area contributed by atoms with Crippen LogP contribution < -0.4 is 23.7 Å². The molecule has 364 valence electrons. The first-order valence-corrected chi connectivity index (χ1v) is 24.3. The average Bonchev–Trinajstić information content (AvgIpc) is 3.37. The standard InChI is InChI=1S/C54H70O13/c1-2-3-4-5-6-7-8-9-10-11-20-63-48-16-12-42(13-17-48)45-37-46(53(55)43-14-18-49-51(40-43)66-35-31-61-27-23-57-21-25-59-29-33-64-49)39-47(38-45)54(56)44-15-19-50-52(41-44)67-36-32-62-28-24-58-22-26-60-30-34-65-50/h12-19,37-41H,2-11,20-36H2,1H3. The maximum atomic E-state index is 14.6. The molecule has 2 aliphatic heterocycles. The summed E-state index contributed by atoms with van der Waals surface area (Å²) in [5, 5.41) is 0. The molecule has 0 fully saturated rings. The highest BCUT2D eigenvalue weighted by molar-refractivity contribution is 6.14. The fourth-order valence-electron chi connectivity index (χ4n) is 7.60. The van der Waals surface area contributed by atoms with E-state index in [4.69, 9.17) is 52.1 Å². The molecule has 0 aliphatic carbocycles. The van der Waals surface area contributed by atoms with Crippen molar-refractivity contribution in [3.63, 3.8) is 0 Å². The van der Waals surface area contributed by atoms with Crippen LogP contribution in [0.25, 0.3) is 11.1 Å². The van der Waals surface area contributed by atoms with Gasteiger partial charge in [-0.1, -0.05) is 76.8 Å². The van der Waals surface area contributed by atoms with Crippen molar-refractivity contribution in [2.24, 2.45) is 0 Å². The van der Waals surface area contributed by atoms with Gasteiger partial charge < -0.3 is 52.1 Å². The number of benzene rings is 4. The van der Waals surface area contributed by atoms with Gasteiger partial charge in [0, 0.05) is 22.3 Å². The molecule has 0 saturated heterocycles. The molecular formula is C54H70O13. The molecule has 4 aromatic carbocycles. The highest BCUT2D eigenvalue weighted by atomic mass is 16.6. The molecule has 0 atom stereocenters. The van der Waals surface area contributed by atoms with Gasteiger partial charge in [0.1, 0.15) is 32.2 Å². The van der Waals surface area contributed by atoms with Gasteiger partial charge in [-0.25, -0.2) is 0 Å². The van der Waals surface area contributed by atoms with E-state index in [1.165, 1.54) is 51.4 Å². The lowest BCUT2D eigenvalue weighted by molar-refractivity contribution is 0.00708. The molecule has 0 radical (unpaired) electrons. The Balaban J connectivity index is 1.22. The van der Waals surface area contributed by atoms with Gasteiger partial charge in [-0.3, -0.25) is 9.59 Å². The highest BCUT2D eigenvalue weighted by Gasteiger charge is 2.21. The van der Waals surface area contributed by atoms with Gasteiger partial charge in [-0.2, -0.15) is 0 Å². The van der Waals surface area contributed by atoms with Gasteiger partial charge in [0.05, 0.1) is 85.9 Å². The van der Waals surface area contributed by atoms with Crippen molar-refractivity contribution >= 4 is 11.6 Å². The maximum absolute atomic E-state index is 14.6. The molecular weight excluding hydrogens is 857 g/mol. The van der Waals surface area contributed by atoms with Gasteiger partial charge in [-0.05, 0) is 84.3 Å². The van der Waals surface area contributed by atoms with Crippen LogP contribution in [-0.4, -0.2) is 124 Å². The number of rotatable bonds is 17. The van der Waals surface area contributed by atoms with Crippen molar-refractivity contribution in [1.29, 1.82) is 0 Å². The lowest BCUT2D eigenvalue weighted by atomic mass is 9.92. The Hall–Kier alpha value is -5.02. The van der Waals surface area contributed by atoms with Crippen LogP contribution >= 0.6 is 0 Å². The Bertz CT molecular complexity index is 1940. The number of hydrogen-bond acceptors (Lipinski definition) is 13. The molecule has 13 heteroatoms. The van der Waals surface area contributed by atoms with Gasteiger partial charge in [-0.15, -0.1) is 0 Å². The van der Waals surface area contributed by atoms with Crippen LogP contribution in [0, 0.1) is 0 Å². The second kappa shape index (κ2) is 30.4. The Labute approximate surface area is 396 Å². The third kappa shape index (κ3) is 18.2. The molecule has 0 saturated carbocycles. The Morgan fingerprint density at radius 2 is 0.746 bits per heavy atom. The van der Waals surface area contributed by atoms with Crippen molar-refractivity contribution in [3.8, 4) is 39.9 Å². The molecule has 67 heavy (non-hydrogen) atoms. The summed E-state index contributed by atoms with van der Waals surface area (Å²) >= 11 is 0. The summed E-state index contributed by atoms with van der Waals surface area (Å²) in [4.78, 5) is 29.1. The van der Waals surface area contributed by atoms with Gasteiger partial charge in [0.2, 0.25) is 0 Å². The van der Waals surface area contributed by atoms with Crippen LogP contribution in [-0.2, 0) is 28.4 Å². The molecule has 0 aromatic heterocycles. The van der Waals surface area contributed by atoms with Crippen LogP contribution in [0.2, 0.25) is 0 Å². The molecule has 0 unspecified atom stereocenters. The van der Waals surface area contributed by atoms with E-state index >= 15 is 0 Å². The number of hydrogen-bond donors (Lipinski definition) is 0. The van der Waals surface area contributed by atoms with Gasteiger partial charge in [0.25, 0.3) is 0 Å². The number of carbonyl (C=O) groups excluding carboxylic acids is 2.